The number of hydrogen-bond acceptors (Lipinski definition) is 3. The van der Waals surface area contributed by atoms with Crippen LogP contribution in [0.4, 0.5) is 15.8 Å². The summed E-state index contributed by atoms with van der Waals surface area (Å²) in [4.78, 5) is 30.1. The molecule has 146 valence electrons. The Balaban J connectivity index is 1.44. The maximum atomic E-state index is 13.1. The molecule has 2 aromatic carbocycles. The molecule has 2 aliphatic heterocycles. The van der Waals surface area contributed by atoms with Gasteiger partial charge in [0.1, 0.15) is 5.82 Å². The van der Waals surface area contributed by atoms with Crippen molar-refractivity contribution in [1.82, 2.24) is 0 Å². The van der Waals surface area contributed by atoms with E-state index in [2.05, 4.69) is 4.90 Å². The van der Waals surface area contributed by atoms with E-state index in [0.717, 1.165) is 42.3 Å². The minimum Gasteiger partial charge on any atom is -0.360 e. The van der Waals surface area contributed by atoms with Crippen LogP contribution in [0.25, 0.3) is 0 Å². The third-order valence-corrected chi connectivity index (χ3v) is 6.06. The van der Waals surface area contributed by atoms with Gasteiger partial charge in [0, 0.05) is 10.7 Å². The number of rotatable bonds is 3. The van der Waals surface area contributed by atoms with Crippen LogP contribution in [-0.4, -0.2) is 44.0 Å². The number of carbonyl (C=O) groups is 2. The zero-order valence-electron chi connectivity index (χ0n) is 15.6. The van der Waals surface area contributed by atoms with E-state index in [1.54, 1.807) is 24.3 Å². The number of nitrogens with zero attached hydrogens (tertiary/aromatic N) is 2. The highest BCUT2D eigenvalue weighted by Crippen LogP contribution is 2.27. The maximum absolute atomic E-state index is 13.1. The Morgan fingerprint density at radius 2 is 1.68 bits per heavy atom. The number of aryl methyl sites for hydroxylation is 1. The van der Waals surface area contributed by atoms with Crippen LogP contribution in [0, 0.1) is 12.7 Å². The molecule has 0 unspecified atom stereocenters. The normalized spacial score (nSPS) is 20.9. The fourth-order valence-corrected chi connectivity index (χ4v) is 4.17. The van der Waals surface area contributed by atoms with Crippen LogP contribution in [-0.2, 0) is 9.59 Å². The summed E-state index contributed by atoms with van der Waals surface area (Å²) in [5.74, 6) is -0.585. The molecule has 2 aromatic rings. The molecule has 5 nitrogen and oxygen atoms in total. The molecule has 4 rings (SSSR count). The van der Waals surface area contributed by atoms with Gasteiger partial charge in [0.05, 0.1) is 38.3 Å². The molecule has 0 spiro atoms. The van der Waals surface area contributed by atoms with Gasteiger partial charge in [0.2, 0.25) is 5.91 Å². The molecule has 0 aliphatic carbocycles. The average molecular weight is 403 g/mol. The van der Waals surface area contributed by atoms with Crippen LogP contribution in [0.2, 0.25) is 5.02 Å². The number of benzene rings is 2. The Bertz CT molecular complexity index is 910. The Morgan fingerprint density at radius 3 is 2.32 bits per heavy atom. The first-order chi connectivity index (χ1) is 13.4. The van der Waals surface area contributed by atoms with Gasteiger partial charge in [0.15, 0.2) is 6.04 Å². The average Bonchev–Trinajstić information content (AvgIpc) is 2.99. The number of halogens is 2. The van der Waals surface area contributed by atoms with Crippen molar-refractivity contribution in [2.24, 2.45) is 0 Å². The van der Waals surface area contributed by atoms with Gasteiger partial charge >= 0.3 is 0 Å². The van der Waals surface area contributed by atoms with Crippen molar-refractivity contribution in [3.63, 3.8) is 0 Å². The Labute approximate surface area is 168 Å². The van der Waals surface area contributed by atoms with Gasteiger partial charge in [-0.2, -0.15) is 0 Å². The van der Waals surface area contributed by atoms with Crippen LogP contribution in [0.3, 0.4) is 0 Å². The quantitative estimate of drug-likeness (QED) is 0.797. The molecule has 2 saturated heterocycles. The van der Waals surface area contributed by atoms with Gasteiger partial charge in [-0.1, -0.05) is 17.7 Å². The predicted octanol–water partition coefficient (Wildman–Crippen LogP) is 1.82. The Kier molecular flexibility index (Phi) is 5.08. The number of carbonyl (C=O) groups excluding carboxylic acids is 2. The largest absolute Gasteiger partial charge is 0.360 e. The van der Waals surface area contributed by atoms with Gasteiger partial charge < -0.3 is 9.80 Å². The minimum absolute atomic E-state index is 0.157. The summed E-state index contributed by atoms with van der Waals surface area (Å²) in [7, 11) is 0. The highest BCUT2D eigenvalue weighted by Gasteiger charge is 2.46. The molecular weight excluding hydrogens is 381 g/mol. The standard InChI is InChI=1S/C21H21ClFN3O2/c1-14-2-5-17(12-18(14)22)26-20(27)13-19(21(26)28)25-10-8-24(9-11-25)16-6-3-15(23)4-7-16/h2-7,12,19H,8-11,13H2,1H3/p+1/t19-/m1/s1. The molecule has 1 atom stereocenters. The van der Waals surface area contributed by atoms with Crippen LogP contribution in [0.15, 0.2) is 42.5 Å². The number of quaternary nitrogens is 1. The number of hydrogen-bond donors (Lipinski definition) is 1. The van der Waals surface area contributed by atoms with E-state index >= 15 is 0 Å². The summed E-state index contributed by atoms with van der Waals surface area (Å²) < 4.78 is 13.1. The van der Waals surface area contributed by atoms with Gasteiger partial charge in [-0.25, -0.2) is 9.29 Å². The summed E-state index contributed by atoms with van der Waals surface area (Å²) >= 11 is 6.17. The highest BCUT2D eigenvalue weighted by atomic mass is 35.5. The lowest BCUT2D eigenvalue weighted by Crippen LogP contribution is -3.19. The van der Waals surface area contributed by atoms with Crippen LogP contribution >= 0.6 is 11.6 Å². The van der Waals surface area contributed by atoms with E-state index < -0.39 is 0 Å². The molecule has 2 aliphatic rings. The molecule has 2 heterocycles. The Hall–Kier alpha value is -2.44. The van der Waals surface area contributed by atoms with E-state index in [1.807, 2.05) is 13.0 Å². The van der Waals surface area contributed by atoms with E-state index in [4.69, 9.17) is 11.6 Å². The third-order valence-electron chi connectivity index (χ3n) is 5.65. The lowest BCUT2D eigenvalue weighted by Gasteiger charge is -2.35. The van der Waals surface area contributed by atoms with Crippen molar-refractivity contribution in [3.05, 3.63) is 58.9 Å². The summed E-state index contributed by atoms with van der Waals surface area (Å²) in [6.07, 6.45) is 0.218. The lowest BCUT2D eigenvalue weighted by atomic mass is 10.1. The first-order valence-electron chi connectivity index (χ1n) is 9.42. The highest BCUT2D eigenvalue weighted by molar-refractivity contribution is 6.32. The summed E-state index contributed by atoms with van der Waals surface area (Å²) in [5, 5.41) is 0.543. The van der Waals surface area contributed by atoms with Gasteiger partial charge in [-0.15, -0.1) is 0 Å². The van der Waals surface area contributed by atoms with Crippen molar-refractivity contribution >= 4 is 34.8 Å². The third kappa shape index (κ3) is 3.50. The summed E-state index contributed by atoms with van der Waals surface area (Å²) in [5.41, 5.74) is 2.42. The van der Waals surface area contributed by atoms with E-state index in [1.165, 1.54) is 17.0 Å². The number of nitrogens with one attached hydrogen (secondary N) is 1. The smallest absolute Gasteiger partial charge is 0.292 e. The Morgan fingerprint density at radius 1 is 1.04 bits per heavy atom. The molecule has 0 saturated carbocycles. The lowest BCUT2D eigenvalue weighted by molar-refractivity contribution is -0.915. The van der Waals surface area contributed by atoms with Crippen molar-refractivity contribution < 1.29 is 18.9 Å². The molecule has 2 fully saturated rings. The second kappa shape index (κ2) is 7.53. The monoisotopic (exact) mass is 402 g/mol. The molecule has 0 radical (unpaired) electrons. The molecular formula is C21H22ClFN3O2+. The van der Waals surface area contributed by atoms with Gasteiger partial charge in [-0.3, -0.25) is 9.59 Å². The zero-order chi connectivity index (χ0) is 19.8. The van der Waals surface area contributed by atoms with Gasteiger partial charge in [0.25, 0.3) is 5.91 Å². The number of imide groups is 1. The molecule has 0 aromatic heterocycles. The second-order valence-electron chi connectivity index (χ2n) is 7.38. The molecule has 7 heteroatoms. The van der Waals surface area contributed by atoms with Crippen molar-refractivity contribution in [2.45, 2.75) is 19.4 Å². The van der Waals surface area contributed by atoms with E-state index in [0.29, 0.717) is 10.7 Å². The zero-order valence-corrected chi connectivity index (χ0v) is 16.4. The number of piperazine rings is 1. The summed E-state index contributed by atoms with van der Waals surface area (Å²) in [6.45, 7) is 4.91. The maximum Gasteiger partial charge on any atom is 0.292 e. The number of amides is 2. The molecule has 1 N–H and O–H groups in total. The van der Waals surface area contributed by atoms with Crippen LogP contribution in [0.5, 0.6) is 0 Å². The van der Waals surface area contributed by atoms with Crippen molar-refractivity contribution in [3.8, 4) is 0 Å². The molecule has 0 bridgehead atoms. The number of anilines is 2. The van der Waals surface area contributed by atoms with Gasteiger partial charge in [-0.05, 0) is 48.9 Å². The molecule has 2 amide bonds. The van der Waals surface area contributed by atoms with E-state index in [-0.39, 0.29) is 30.1 Å². The van der Waals surface area contributed by atoms with Crippen molar-refractivity contribution in [1.29, 1.82) is 0 Å². The SMILES string of the molecule is Cc1ccc(N2C(=O)C[C@@H]([NH+]3CCN(c4ccc(F)cc4)CC3)C2=O)cc1Cl. The first-order valence-corrected chi connectivity index (χ1v) is 9.80. The fourth-order valence-electron chi connectivity index (χ4n) is 4.00. The molecule has 28 heavy (non-hydrogen) atoms. The minimum atomic E-state index is -0.358. The summed E-state index contributed by atoms with van der Waals surface area (Å²) in [6, 6.07) is 11.4. The first kappa shape index (κ1) is 18.9. The van der Waals surface area contributed by atoms with Crippen LogP contribution < -0.4 is 14.7 Å². The second-order valence-corrected chi connectivity index (χ2v) is 7.79. The van der Waals surface area contributed by atoms with Crippen LogP contribution in [0.1, 0.15) is 12.0 Å². The van der Waals surface area contributed by atoms with Crippen molar-refractivity contribution in [2.75, 3.05) is 36.0 Å². The fraction of sp³-hybridized carbons (Fsp3) is 0.333. The predicted molar refractivity (Wildman–Crippen MR) is 106 cm³/mol. The topological polar surface area (TPSA) is 45.1 Å². The van der Waals surface area contributed by atoms with E-state index in [9.17, 15) is 14.0 Å².